The maximum Gasteiger partial charge on any atom is 0.416 e. The van der Waals surface area contributed by atoms with Gasteiger partial charge in [0.15, 0.2) is 11.5 Å². The number of likely N-dealkylation sites (tertiary alicyclic amines) is 1. The fourth-order valence-electron chi connectivity index (χ4n) is 5.77. The standard InChI is InChI=1S/C31H37F3N2O6/c1-41-27-18-22(8-11-26(27)42-17-16-36-28(37)12-13-29(36)38)19-35(20-23-4-2-3-5-25(23)30(39)40)15-14-21-6-9-24(10-7-21)31(32,33)34/h6-11,18,23,25H,2-5,12-17,19-20H2,1H3,(H,39,40). The number of ether oxygens (including phenoxy) is 2. The van der Waals surface area contributed by atoms with Crippen LogP contribution in [0.5, 0.6) is 11.5 Å². The van der Waals surface area contributed by atoms with E-state index in [1.54, 1.807) is 6.07 Å². The number of nitrogens with zero attached hydrogens (tertiary/aromatic N) is 2. The summed E-state index contributed by atoms with van der Waals surface area (Å²) >= 11 is 0. The number of rotatable bonds is 13. The summed E-state index contributed by atoms with van der Waals surface area (Å²) < 4.78 is 50.3. The van der Waals surface area contributed by atoms with Crippen molar-refractivity contribution in [2.45, 2.75) is 57.7 Å². The van der Waals surface area contributed by atoms with E-state index in [2.05, 4.69) is 4.90 Å². The van der Waals surface area contributed by atoms with Crippen LogP contribution in [0.15, 0.2) is 42.5 Å². The molecule has 1 aliphatic heterocycles. The predicted octanol–water partition coefficient (Wildman–Crippen LogP) is 5.18. The molecule has 2 aromatic rings. The highest BCUT2D eigenvalue weighted by atomic mass is 19.4. The molecular formula is C31H37F3N2O6. The average molecular weight is 591 g/mol. The monoisotopic (exact) mass is 590 g/mol. The zero-order valence-electron chi connectivity index (χ0n) is 23.7. The first-order valence-corrected chi connectivity index (χ1v) is 14.3. The summed E-state index contributed by atoms with van der Waals surface area (Å²) in [5.74, 6) is -0.694. The quantitative estimate of drug-likeness (QED) is 0.321. The summed E-state index contributed by atoms with van der Waals surface area (Å²) in [4.78, 5) is 39.0. The molecule has 11 heteroatoms. The molecule has 2 atom stereocenters. The van der Waals surface area contributed by atoms with E-state index in [-0.39, 0.29) is 43.7 Å². The van der Waals surface area contributed by atoms with Gasteiger partial charge in [-0.3, -0.25) is 24.2 Å². The molecule has 2 fully saturated rings. The fraction of sp³-hybridized carbons (Fsp3) is 0.516. The van der Waals surface area contributed by atoms with Crippen molar-refractivity contribution < 1.29 is 42.1 Å². The number of amides is 2. The van der Waals surface area contributed by atoms with Gasteiger partial charge < -0.3 is 14.6 Å². The first kappa shape index (κ1) is 31.3. The van der Waals surface area contributed by atoms with E-state index < -0.39 is 23.6 Å². The van der Waals surface area contributed by atoms with Crippen LogP contribution in [0.3, 0.4) is 0 Å². The van der Waals surface area contributed by atoms with Crippen LogP contribution in [0.4, 0.5) is 13.2 Å². The van der Waals surface area contributed by atoms with Gasteiger partial charge in [0, 0.05) is 32.5 Å². The Morgan fingerprint density at radius 3 is 2.31 bits per heavy atom. The number of halogens is 3. The Bertz CT molecular complexity index is 1230. The van der Waals surface area contributed by atoms with Crippen LogP contribution in [0.2, 0.25) is 0 Å². The predicted molar refractivity (Wildman–Crippen MR) is 148 cm³/mol. The summed E-state index contributed by atoms with van der Waals surface area (Å²) in [5, 5.41) is 9.80. The van der Waals surface area contributed by atoms with Gasteiger partial charge >= 0.3 is 12.1 Å². The van der Waals surface area contributed by atoms with Crippen LogP contribution in [-0.2, 0) is 33.5 Å². The molecule has 2 amide bonds. The molecule has 1 heterocycles. The van der Waals surface area contributed by atoms with Gasteiger partial charge in [-0.1, -0.05) is 31.0 Å². The Hall–Kier alpha value is -3.60. The van der Waals surface area contributed by atoms with Crippen molar-refractivity contribution >= 4 is 17.8 Å². The molecule has 42 heavy (non-hydrogen) atoms. The van der Waals surface area contributed by atoms with Gasteiger partial charge in [0.1, 0.15) is 6.61 Å². The van der Waals surface area contributed by atoms with Gasteiger partial charge in [0.25, 0.3) is 0 Å². The van der Waals surface area contributed by atoms with Crippen molar-refractivity contribution in [2.24, 2.45) is 11.8 Å². The van der Waals surface area contributed by atoms with Gasteiger partial charge in [-0.25, -0.2) is 0 Å². The van der Waals surface area contributed by atoms with Gasteiger partial charge in [-0.05, 0) is 60.6 Å². The van der Waals surface area contributed by atoms with Gasteiger partial charge in [-0.2, -0.15) is 13.2 Å². The lowest BCUT2D eigenvalue weighted by Crippen LogP contribution is -2.38. The third-order valence-corrected chi connectivity index (χ3v) is 8.08. The number of carbonyl (C=O) groups is 3. The first-order valence-electron chi connectivity index (χ1n) is 14.3. The Kier molecular flexibility index (Phi) is 10.5. The fourth-order valence-corrected chi connectivity index (χ4v) is 5.77. The van der Waals surface area contributed by atoms with Crippen molar-refractivity contribution in [1.82, 2.24) is 9.80 Å². The largest absolute Gasteiger partial charge is 0.493 e. The lowest BCUT2D eigenvalue weighted by Gasteiger charge is -2.34. The first-order chi connectivity index (χ1) is 20.0. The SMILES string of the molecule is COc1cc(CN(CCc2ccc(C(F)(F)F)cc2)CC2CCCCC2C(=O)O)ccc1OCCN1C(=O)CCC1=O. The third kappa shape index (κ3) is 8.24. The molecule has 1 saturated carbocycles. The Labute approximate surface area is 243 Å². The van der Waals surface area contributed by atoms with Crippen LogP contribution in [-0.4, -0.2) is 66.0 Å². The lowest BCUT2D eigenvalue weighted by atomic mass is 9.79. The summed E-state index contributed by atoms with van der Waals surface area (Å²) in [5.41, 5.74) is 0.976. The van der Waals surface area contributed by atoms with Crippen molar-refractivity contribution in [3.8, 4) is 11.5 Å². The van der Waals surface area contributed by atoms with Crippen molar-refractivity contribution in [2.75, 3.05) is 33.4 Å². The van der Waals surface area contributed by atoms with E-state index in [0.717, 1.165) is 42.5 Å². The summed E-state index contributed by atoms with van der Waals surface area (Å²) in [6.07, 6.45) is -0.134. The van der Waals surface area contributed by atoms with Gasteiger partial charge in [0.05, 0.1) is 25.1 Å². The minimum Gasteiger partial charge on any atom is -0.493 e. The summed E-state index contributed by atoms with van der Waals surface area (Å²) in [6.45, 7) is 1.86. The molecule has 228 valence electrons. The number of carboxylic acid groups (broad SMARTS) is 1. The van der Waals surface area contributed by atoms with Crippen LogP contribution in [0.1, 0.15) is 55.2 Å². The third-order valence-electron chi connectivity index (χ3n) is 8.08. The van der Waals surface area contributed by atoms with Crippen LogP contribution < -0.4 is 9.47 Å². The minimum absolute atomic E-state index is 0.0237. The molecule has 8 nitrogen and oxygen atoms in total. The molecule has 0 bridgehead atoms. The molecular weight excluding hydrogens is 553 g/mol. The number of methoxy groups -OCH3 is 1. The van der Waals surface area contributed by atoms with E-state index in [0.29, 0.717) is 44.0 Å². The highest BCUT2D eigenvalue weighted by Crippen LogP contribution is 2.33. The molecule has 1 N–H and O–H groups in total. The highest BCUT2D eigenvalue weighted by molar-refractivity contribution is 6.01. The van der Waals surface area contributed by atoms with Crippen LogP contribution >= 0.6 is 0 Å². The zero-order valence-corrected chi connectivity index (χ0v) is 23.7. The number of alkyl halides is 3. The number of hydrogen-bond acceptors (Lipinski definition) is 6. The molecule has 1 aliphatic carbocycles. The van der Waals surface area contributed by atoms with E-state index in [4.69, 9.17) is 9.47 Å². The molecule has 1 saturated heterocycles. The maximum atomic E-state index is 13.0. The molecule has 0 aromatic heterocycles. The van der Waals surface area contributed by atoms with E-state index in [1.807, 2.05) is 12.1 Å². The van der Waals surface area contributed by atoms with E-state index >= 15 is 0 Å². The molecule has 2 aromatic carbocycles. The van der Waals surface area contributed by atoms with E-state index in [1.165, 1.54) is 24.1 Å². The average Bonchev–Trinajstić information content (AvgIpc) is 3.28. The van der Waals surface area contributed by atoms with Crippen molar-refractivity contribution in [3.05, 3.63) is 59.2 Å². The van der Waals surface area contributed by atoms with E-state index in [9.17, 15) is 32.7 Å². The number of carbonyl (C=O) groups excluding carboxylic acids is 2. The Morgan fingerprint density at radius 1 is 1.00 bits per heavy atom. The second-order valence-corrected chi connectivity index (χ2v) is 10.9. The Balaban J connectivity index is 1.44. The molecule has 2 unspecified atom stereocenters. The minimum atomic E-state index is -4.39. The summed E-state index contributed by atoms with van der Waals surface area (Å²) in [6, 6.07) is 10.6. The molecule has 4 rings (SSSR count). The van der Waals surface area contributed by atoms with Crippen molar-refractivity contribution in [3.63, 3.8) is 0 Å². The lowest BCUT2D eigenvalue weighted by molar-refractivity contribution is -0.145. The second-order valence-electron chi connectivity index (χ2n) is 10.9. The Morgan fingerprint density at radius 2 is 1.67 bits per heavy atom. The maximum absolute atomic E-state index is 13.0. The number of carboxylic acids is 1. The second kappa shape index (κ2) is 14.0. The van der Waals surface area contributed by atoms with Crippen molar-refractivity contribution in [1.29, 1.82) is 0 Å². The van der Waals surface area contributed by atoms with Crippen LogP contribution in [0, 0.1) is 11.8 Å². The topological polar surface area (TPSA) is 96.4 Å². The number of benzene rings is 2. The zero-order chi connectivity index (χ0) is 30.3. The number of aliphatic carboxylic acids is 1. The molecule has 0 radical (unpaired) electrons. The number of hydrogen-bond donors (Lipinski definition) is 1. The smallest absolute Gasteiger partial charge is 0.416 e. The molecule has 2 aliphatic rings. The highest BCUT2D eigenvalue weighted by Gasteiger charge is 2.33. The van der Waals surface area contributed by atoms with Gasteiger partial charge in [-0.15, -0.1) is 0 Å². The number of imide groups is 1. The van der Waals surface area contributed by atoms with Crippen LogP contribution in [0.25, 0.3) is 0 Å². The normalized spacial score (nSPS) is 19.4. The molecule has 0 spiro atoms. The summed E-state index contributed by atoms with van der Waals surface area (Å²) in [7, 11) is 1.52. The van der Waals surface area contributed by atoms with Gasteiger partial charge in [0.2, 0.25) is 11.8 Å².